The molecule has 0 spiro atoms. The average molecular weight is 327 g/mol. The van der Waals surface area contributed by atoms with E-state index in [0.717, 1.165) is 16.6 Å². The summed E-state index contributed by atoms with van der Waals surface area (Å²) in [5.41, 5.74) is 3.51. The van der Waals surface area contributed by atoms with Gasteiger partial charge in [-0.3, -0.25) is 10.2 Å². The third-order valence-corrected chi connectivity index (χ3v) is 3.85. The van der Waals surface area contributed by atoms with E-state index < -0.39 is 0 Å². The normalized spacial score (nSPS) is 15.0. The number of hydrogen-bond donors (Lipinski definition) is 2. The minimum absolute atomic E-state index is 0.0238. The van der Waals surface area contributed by atoms with Gasteiger partial charge in [0.2, 0.25) is 0 Å². The number of carbonyl (C=O) groups excluding carboxylic acids is 2. The summed E-state index contributed by atoms with van der Waals surface area (Å²) in [5.74, 6) is 4.74. The smallest absolute Gasteiger partial charge is 0.320 e. The average Bonchev–Trinajstić information content (AvgIpc) is 2.72. The number of urea groups is 1. The molecule has 1 aromatic rings. The Kier molecular flexibility index (Phi) is 4.06. The van der Waals surface area contributed by atoms with Crippen molar-refractivity contribution >= 4 is 27.9 Å². The van der Waals surface area contributed by atoms with Crippen molar-refractivity contribution < 1.29 is 9.59 Å². The first-order chi connectivity index (χ1) is 9.02. The zero-order valence-electron chi connectivity index (χ0n) is 10.5. The molecule has 1 heterocycles. The van der Waals surface area contributed by atoms with E-state index in [1.54, 1.807) is 29.0 Å². The molecule has 0 aliphatic carbocycles. The Morgan fingerprint density at radius 2 is 2.21 bits per heavy atom. The number of likely N-dealkylation sites (N-methyl/N-ethyl adjacent to an activating group) is 1. The molecule has 3 N–H and O–H groups in total. The molecule has 1 fully saturated rings. The van der Waals surface area contributed by atoms with Gasteiger partial charge in [0.15, 0.2) is 0 Å². The van der Waals surface area contributed by atoms with Crippen LogP contribution in [0.25, 0.3) is 0 Å². The van der Waals surface area contributed by atoms with Gasteiger partial charge in [-0.15, -0.1) is 0 Å². The largest absolute Gasteiger partial charge is 0.326 e. The lowest BCUT2D eigenvalue weighted by Gasteiger charge is -2.17. The number of nitrogens with one attached hydrogen (secondary N) is 1. The van der Waals surface area contributed by atoms with Gasteiger partial charge in [0.1, 0.15) is 0 Å². The molecule has 3 amide bonds. The van der Waals surface area contributed by atoms with E-state index in [4.69, 9.17) is 5.84 Å². The molecule has 7 heteroatoms. The van der Waals surface area contributed by atoms with Crippen LogP contribution in [-0.2, 0) is 6.54 Å². The van der Waals surface area contributed by atoms with Gasteiger partial charge in [-0.1, -0.05) is 22.0 Å². The van der Waals surface area contributed by atoms with Crippen LogP contribution in [-0.4, -0.2) is 41.9 Å². The maximum atomic E-state index is 11.8. The molecule has 2 rings (SSSR count). The van der Waals surface area contributed by atoms with Crippen LogP contribution < -0.4 is 11.3 Å². The van der Waals surface area contributed by atoms with Crippen molar-refractivity contribution in [3.63, 3.8) is 0 Å². The Bertz CT molecular complexity index is 520. The van der Waals surface area contributed by atoms with Crippen molar-refractivity contribution in [2.45, 2.75) is 6.54 Å². The zero-order chi connectivity index (χ0) is 14.0. The van der Waals surface area contributed by atoms with Crippen molar-refractivity contribution in [3.05, 3.63) is 33.8 Å². The molecule has 0 bridgehead atoms. The minimum Gasteiger partial charge on any atom is -0.326 e. The number of benzene rings is 1. The third-order valence-electron chi connectivity index (χ3n) is 3.11. The molecule has 19 heavy (non-hydrogen) atoms. The molecule has 0 radical (unpaired) electrons. The topological polar surface area (TPSA) is 78.7 Å². The van der Waals surface area contributed by atoms with Gasteiger partial charge in [0.25, 0.3) is 5.91 Å². The van der Waals surface area contributed by atoms with E-state index in [-0.39, 0.29) is 11.9 Å². The molecule has 6 nitrogen and oxygen atoms in total. The number of hydrogen-bond acceptors (Lipinski definition) is 3. The van der Waals surface area contributed by atoms with Gasteiger partial charge in [0, 0.05) is 36.7 Å². The fourth-order valence-corrected chi connectivity index (χ4v) is 2.46. The molecule has 102 valence electrons. The lowest BCUT2D eigenvalue weighted by Crippen LogP contribution is -2.30. The van der Waals surface area contributed by atoms with Gasteiger partial charge in [0.05, 0.1) is 0 Å². The molecule has 1 aliphatic heterocycles. The molecular weight excluding hydrogens is 312 g/mol. The monoisotopic (exact) mass is 326 g/mol. The summed E-state index contributed by atoms with van der Waals surface area (Å²) in [6.45, 7) is 1.98. The van der Waals surface area contributed by atoms with Crippen LogP contribution in [0.1, 0.15) is 15.9 Å². The number of nitrogen functional groups attached to an aromatic ring is 1. The van der Waals surface area contributed by atoms with Crippen LogP contribution >= 0.6 is 15.9 Å². The summed E-state index contributed by atoms with van der Waals surface area (Å²) in [5, 5.41) is 0. The van der Waals surface area contributed by atoms with Crippen LogP contribution in [0, 0.1) is 0 Å². The summed E-state index contributed by atoms with van der Waals surface area (Å²) >= 11 is 3.41. The van der Waals surface area contributed by atoms with E-state index in [0.29, 0.717) is 18.7 Å². The Labute approximate surface area is 119 Å². The van der Waals surface area contributed by atoms with E-state index in [9.17, 15) is 9.59 Å². The second-order valence-corrected chi connectivity index (χ2v) is 5.26. The highest BCUT2D eigenvalue weighted by Crippen LogP contribution is 2.22. The number of halogens is 1. The maximum absolute atomic E-state index is 11.8. The number of hydrazine groups is 1. The van der Waals surface area contributed by atoms with Crippen molar-refractivity contribution in [3.8, 4) is 0 Å². The molecule has 0 unspecified atom stereocenters. The number of amides is 3. The van der Waals surface area contributed by atoms with E-state index >= 15 is 0 Å². The zero-order valence-corrected chi connectivity index (χ0v) is 12.1. The highest BCUT2D eigenvalue weighted by Gasteiger charge is 2.25. The van der Waals surface area contributed by atoms with Gasteiger partial charge in [-0.05, 0) is 17.7 Å². The van der Waals surface area contributed by atoms with Crippen LogP contribution in [0.15, 0.2) is 22.7 Å². The molecule has 1 aromatic carbocycles. The van der Waals surface area contributed by atoms with E-state index in [1.165, 1.54) is 0 Å². The first-order valence-corrected chi connectivity index (χ1v) is 6.61. The van der Waals surface area contributed by atoms with Gasteiger partial charge >= 0.3 is 6.03 Å². The van der Waals surface area contributed by atoms with Crippen LogP contribution in [0.3, 0.4) is 0 Å². The third kappa shape index (κ3) is 2.87. The number of nitrogens with zero attached hydrogens (tertiary/aromatic N) is 2. The van der Waals surface area contributed by atoms with Gasteiger partial charge in [-0.25, -0.2) is 10.6 Å². The predicted octanol–water partition coefficient (Wildman–Crippen LogP) is 0.920. The van der Waals surface area contributed by atoms with Crippen molar-refractivity contribution in [1.29, 1.82) is 0 Å². The molecule has 0 saturated carbocycles. The SMILES string of the molecule is CN1CCN(Cc2ccc(C(=O)NN)cc2Br)C1=O. The summed E-state index contributed by atoms with van der Waals surface area (Å²) in [6, 6.07) is 5.23. The Hall–Kier alpha value is -1.60. The van der Waals surface area contributed by atoms with Crippen molar-refractivity contribution in [2.24, 2.45) is 5.84 Å². The lowest BCUT2D eigenvalue weighted by molar-refractivity contribution is 0.0953. The molecule has 0 aromatic heterocycles. The minimum atomic E-state index is -0.343. The fraction of sp³-hybridized carbons (Fsp3) is 0.333. The Morgan fingerprint density at radius 3 is 2.74 bits per heavy atom. The standard InChI is InChI=1S/C12H15BrN4O2/c1-16-4-5-17(12(16)19)7-9-3-2-8(6-10(9)13)11(18)15-14/h2-3,6H,4-5,7,14H2,1H3,(H,15,18). The molecule has 0 atom stereocenters. The summed E-state index contributed by atoms with van der Waals surface area (Å²) in [7, 11) is 1.78. The number of carbonyl (C=O) groups is 2. The van der Waals surface area contributed by atoms with Crippen LogP contribution in [0.5, 0.6) is 0 Å². The summed E-state index contributed by atoms with van der Waals surface area (Å²) in [4.78, 5) is 26.6. The molecule has 1 saturated heterocycles. The van der Waals surface area contributed by atoms with Crippen molar-refractivity contribution in [1.82, 2.24) is 15.2 Å². The van der Waals surface area contributed by atoms with Crippen molar-refractivity contribution in [2.75, 3.05) is 20.1 Å². The van der Waals surface area contributed by atoms with E-state index in [1.807, 2.05) is 6.07 Å². The molecule has 1 aliphatic rings. The highest BCUT2D eigenvalue weighted by atomic mass is 79.9. The first kappa shape index (κ1) is 13.8. The summed E-state index contributed by atoms with van der Waals surface area (Å²) < 4.78 is 0.788. The van der Waals surface area contributed by atoms with Gasteiger partial charge < -0.3 is 9.80 Å². The van der Waals surface area contributed by atoms with Gasteiger partial charge in [-0.2, -0.15) is 0 Å². The fourth-order valence-electron chi connectivity index (χ4n) is 1.96. The second-order valence-electron chi connectivity index (χ2n) is 4.41. The Morgan fingerprint density at radius 1 is 1.47 bits per heavy atom. The second kappa shape index (κ2) is 5.58. The number of nitrogens with two attached hydrogens (primary N) is 1. The Balaban J connectivity index is 2.14. The van der Waals surface area contributed by atoms with Crippen LogP contribution in [0.4, 0.5) is 4.79 Å². The quantitative estimate of drug-likeness (QED) is 0.492. The summed E-state index contributed by atoms with van der Waals surface area (Å²) in [6.07, 6.45) is 0. The predicted molar refractivity (Wildman–Crippen MR) is 74.2 cm³/mol. The van der Waals surface area contributed by atoms with Crippen LogP contribution in [0.2, 0.25) is 0 Å². The maximum Gasteiger partial charge on any atom is 0.320 e. The van der Waals surface area contributed by atoms with E-state index in [2.05, 4.69) is 21.4 Å². The first-order valence-electron chi connectivity index (χ1n) is 5.82. The lowest BCUT2D eigenvalue weighted by atomic mass is 10.1. The highest BCUT2D eigenvalue weighted by molar-refractivity contribution is 9.10. The molecular formula is C12H15BrN4O2. The number of rotatable bonds is 3.